The van der Waals surface area contributed by atoms with Gasteiger partial charge in [0.25, 0.3) is 5.91 Å². The van der Waals surface area contributed by atoms with Gasteiger partial charge in [0.05, 0.1) is 6.61 Å². The van der Waals surface area contributed by atoms with Crippen LogP contribution in [0, 0.1) is 5.92 Å². The SMILES string of the molecule is O=C(NCC1CCOC1)c1cc(COc2cccc(Br)c2)on1. The lowest BCUT2D eigenvalue weighted by atomic mass is 10.1. The third kappa shape index (κ3) is 4.56. The molecule has 23 heavy (non-hydrogen) atoms. The van der Waals surface area contributed by atoms with Gasteiger partial charge in [0.1, 0.15) is 12.4 Å². The molecule has 1 aromatic heterocycles. The van der Waals surface area contributed by atoms with Crippen molar-refractivity contribution in [1.29, 1.82) is 0 Å². The van der Waals surface area contributed by atoms with E-state index in [-0.39, 0.29) is 18.2 Å². The van der Waals surface area contributed by atoms with Gasteiger partial charge in [-0.2, -0.15) is 0 Å². The van der Waals surface area contributed by atoms with Crippen LogP contribution in [0.4, 0.5) is 0 Å². The molecule has 1 saturated heterocycles. The number of hydrogen-bond acceptors (Lipinski definition) is 5. The van der Waals surface area contributed by atoms with Crippen molar-refractivity contribution in [2.75, 3.05) is 19.8 Å². The van der Waals surface area contributed by atoms with E-state index in [4.69, 9.17) is 14.0 Å². The van der Waals surface area contributed by atoms with Crippen molar-refractivity contribution in [3.05, 3.63) is 46.3 Å². The molecule has 3 rings (SSSR count). The minimum absolute atomic E-state index is 0.215. The van der Waals surface area contributed by atoms with Crippen LogP contribution in [-0.4, -0.2) is 30.8 Å². The van der Waals surface area contributed by atoms with Crippen molar-refractivity contribution in [3.63, 3.8) is 0 Å². The van der Waals surface area contributed by atoms with Gasteiger partial charge in [0.15, 0.2) is 11.5 Å². The Morgan fingerprint density at radius 1 is 1.43 bits per heavy atom. The number of ether oxygens (including phenoxy) is 2. The second-order valence-electron chi connectivity index (χ2n) is 5.36. The van der Waals surface area contributed by atoms with Gasteiger partial charge < -0.3 is 19.3 Å². The molecule has 7 heteroatoms. The standard InChI is InChI=1S/C16H17BrN2O4/c17-12-2-1-3-13(6-12)22-10-14-7-15(19-23-14)16(20)18-8-11-4-5-21-9-11/h1-3,6-7,11H,4-5,8-10H2,(H,18,20). The van der Waals surface area contributed by atoms with Gasteiger partial charge in [-0.1, -0.05) is 27.2 Å². The molecule has 1 atom stereocenters. The molecular formula is C16H17BrN2O4. The Bertz CT molecular complexity index is 668. The third-order valence-electron chi connectivity index (χ3n) is 3.54. The highest BCUT2D eigenvalue weighted by Gasteiger charge is 2.18. The molecule has 1 aliphatic rings. The number of hydrogen-bond donors (Lipinski definition) is 1. The highest BCUT2D eigenvalue weighted by atomic mass is 79.9. The quantitative estimate of drug-likeness (QED) is 0.833. The number of amides is 1. The fourth-order valence-corrected chi connectivity index (χ4v) is 2.65. The summed E-state index contributed by atoms with van der Waals surface area (Å²) < 4.78 is 16.9. The summed E-state index contributed by atoms with van der Waals surface area (Å²) in [7, 11) is 0. The van der Waals surface area contributed by atoms with Crippen LogP contribution in [0.3, 0.4) is 0 Å². The molecule has 1 amide bonds. The minimum atomic E-state index is -0.241. The second-order valence-corrected chi connectivity index (χ2v) is 6.28. The number of carbonyl (C=O) groups excluding carboxylic acids is 1. The van der Waals surface area contributed by atoms with Crippen molar-refractivity contribution >= 4 is 21.8 Å². The van der Waals surface area contributed by atoms with E-state index in [0.29, 0.717) is 30.6 Å². The van der Waals surface area contributed by atoms with E-state index >= 15 is 0 Å². The van der Waals surface area contributed by atoms with Gasteiger partial charge in [0, 0.05) is 29.6 Å². The first-order valence-electron chi connectivity index (χ1n) is 7.40. The molecule has 1 aliphatic heterocycles. The zero-order chi connectivity index (χ0) is 16.1. The summed E-state index contributed by atoms with van der Waals surface area (Å²) >= 11 is 3.38. The molecular weight excluding hydrogens is 364 g/mol. The molecule has 1 N–H and O–H groups in total. The summed E-state index contributed by atoms with van der Waals surface area (Å²) in [5.41, 5.74) is 0.261. The largest absolute Gasteiger partial charge is 0.486 e. The fourth-order valence-electron chi connectivity index (χ4n) is 2.27. The molecule has 0 aliphatic carbocycles. The highest BCUT2D eigenvalue weighted by Crippen LogP contribution is 2.19. The lowest BCUT2D eigenvalue weighted by Crippen LogP contribution is -2.29. The van der Waals surface area contributed by atoms with Gasteiger partial charge in [-0.3, -0.25) is 4.79 Å². The van der Waals surface area contributed by atoms with Crippen molar-refractivity contribution in [1.82, 2.24) is 10.5 Å². The maximum Gasteiger partial charge on any atom is 0.273 e. The Balaban J connectivity index is 1.49. The molecule has 6 nitrogen and oxygen atoms in total. The zero-order valence-corrected chi connectivity index (χ0v) is 14.0. The van der Waals surface area contributed by atoms with Crippen LogP contribution in [0.1, 0.15) is 22.7 Å². The fraction of sp³-hybridized carbons (Fsp3) is 0.375. The predicted octanol–water partition coefficient (Wildman–Crippen LogP) is 2.78. The monoisotopic (exact) mass is 380 g/mol. The van der Waals surface area contributed by atoms with Crippen LogP contribution in [0.15, 0.2) is 39.3 Å². The van der Waals surface area contributed by atoms with Crippen LogP contribution < -0.4 is 10.1 Å². The van der Waals surface area contributed by atoms with Gasteiger partial charge in [-0.25, -0.2) is 0 Å². The average Bonchev–Trinajstić information content (AvgIpc) is 3.22. The van der Waals surface area contributed by atoms with Crippen molar-refractivity contribution in [2.45, 2.75) is 13.0 Å². The molecule has 0 bridgehead atoms. The van der Waals surface area contributed by atoms with Gasteiger partial charge >= 0.3 is 0 Å². The lowest BCUT2D eigenvalue weighted by Gasteiger charge is -2.07. The maximum atomic E-state index is 12.0. The Labute approximate surface area is 142 Å². The van der Waals surface area contributed by atoms with E-state index in [9.17, 15) is 4.79 Å². The van der Waals surface area contributed by atoms with E-state index in [1.165, 1.54) is 0 Å². The summed E-state index contributed by atoms with van der Waals surface area (Å²) in [4.78, 5) is 12.0. The van der Waals surface area contributed by atoms with Crippen LogP contribution in [0.25, 0.3) is 0 Å². The number of aromatic nitrogens is 1. The summed E-state index contributed by atoms with van der Waals surface area (Å²) in [6.07, 6.45) is 0.977. The van der Waals surface area contributed by atoms with Gasteiger partial charge in [0.2, 0.25) is 0 Å². The molecule has 122 valence electrons. The molecule has 1 fully saturated rings. The maximum absolute atomic E-state index is 12.0. The number of carbonyl (C=O) groups is 1. The number of nitrogens with one attached hydrogen (secondary N) is 1. The van der Waals surface area contributed by atoms with Crippen molar-refractivity contribution in [3.8, 4) is 5.75 Å². The summed E-state index contributed by atoms with van der Waals surface area (Å²) in [5, 5.41) is 6.63. The number of rotatable bonds is 6. The molecule has 2 heterocycles. The topological polar surface area (TPSA) is 73.6 Å². The van der Waals surface area contributed by atoms with Crippen LogP contribution in [-0.2, 0) is 11.3 Å². The molecule has 1 aromatic carbocycles. The normalized spacial score (nSPS) is 17.2. The van der Waals surface area contributed by atoms with E-state index < -0.39 is 0 Å². The van der Waals surface area contributed by atoms with Crippen LogP contribution in [0.2, 0.25) is 0 Å². The lowest BCUT2D eigenvalue weighted by molar-refractivity contribution is 0.0935. The van der Waals surface area contributed by atoms with E-state index in [1.54, 1.807) is 6.07 Å². The second kappa shape index (κ2) is 7.61. The van der Waals surface area contributed by atoms with Crippen LogP contribution >= 0.6 is 15.9 Å². The predicted molar refractivity (Wildman–Crippen MR) is 86.2 cm³/mol. The summed E-state index contributed by atoms with van der Waals surface area (Å²) in [6, 6.07) is 9.09. The van der Waals surface area contributed by atoms with Crippen molar-refractivity contribution in [2.24, 2.45) is 5.92 Å². The van der Waals surface area contributed by atoms with Gasteiger partial charge in [-0.15, -0.1) is 0 Å². The number of benzene rings is 1. The Morgan fingerprint density at radius 3 is 3.13 bits per heavy atom. The highest BCUT2D eigenvalue weighted by molar-refractivity contribution is 9.10. The molecule has 2 aromatic rings. The summed E-state index contributed by atoms with van der Waals surface area (Å²) in [5.74, 6) is 1.35. The number of nitrogens with zero attached hydrogens (tertiary/aromatic N) is 1. The van der Waals surface area contributed by atoms with Crippen molar-refractivity contribution < 1.29 is 18.8 Å². The molecule has 0 radical (unpaired) electrons. The molecule has 0 spiro atoms. The average molecular weight is 381 g/mol. The van der Waals surface area contributed by atoms with Crippen LogP contribution in [0.5, 0.6) is 5.75 Å². The first-order valence-corrected chi connectivity index (χ1v) is 8.20. The Morgan fingerprint density at radius 2 is 2.35 bits per heavy atom. The number of halogens is 1. The van der Waals surface area contributed by atoms with Gasteiger partial charge in [-0.05, 0) is 24.6 Å². The Kier molecular flexibility index (Phi) is 5.30. The molecule has 0 saturated carbocycles. The van der Waals surface area contributed by atoms with E-state index in [1.807, 2.05) is 24.3 Å². The third-order valence-corrected chi connectivity index (χ3v) is 4.04. The smallest absolute Gasteiger partial charge is 0.273 e. The molecule has 1 unspecified atom stereocenters. The first kappa shape index (κ1) is 16.0. The van der Waals surface area contributed by atoms with E-state index in [0.717, 1.165) is 17.5 Å². The Hall–Kier alpha value is -1.86. The zero-order valence-electron chi connectivity index (χ0n) is 12.5. The first-order chi connectivity index (χ1) is 11.2. The summed E-state index contributed by atoms with van der Waals surface area (Å²) in [6.45, 7) is 2.27. The minimum Gasteiger partial charge on any atom is -0.486 e. The van der Waals surface area contributed by atoms with E-state index in [2.05, 4.69) is 26.4 Å².